The molecule has 0 fully saturated rings. The Labute approximate surface area is 216 Å². The Balaban J connectivity index is 1.48. The van der Waals surface area contributed by atoms with Gasteiger partial charge in [-0.15, -0.1) is 30.6 Å². The smallest absolute Gasteiger partial charge is 0.335 e. The minimum Gasteiger partial charge on any atom is -0.478 e. The molecule has 0 aliphatic carbocycles. The summed E-state index contributed by atoms with van der Waals surface area (Å²) in [6.45, 7) is 1.76. The Morgan fingerprint density at radius 1 is 1.05 bits per heavy atom. The Morgan fingerprint density at radius 3 is 2.41 bits per heavy atom. The molecular weight excluding hydrogens is 548 g/mol. The van der Waals surface area contributed by atoms with Crippen molar-refractivity contribution in [1.82, 2.24) is 30.0 Å². The maximum absolute atomic E-state index is 11.3. The standard InChI is InChI=1S/C19H18N8O7S3/c1-9-14(21-23-18-24-25-19(36-18)35-4-5-37(32,33)34)15-22-20-13(27(15)26-9)3-2-10-6-11(16(28)29)8-12(7-10)17(30)31/h6-8,26H,2-5H2,1H3,(H,28,29)(H,30,31)(H,32,33,34). The number of azo groups is 1. The van der Waals surface area contributed by atoms with Crippen LogP contribution >= 0.6 is 23.1 Å². The van der Waals surface area contributed by atoms with Gasteiger partial charge in [0.15, 0.2) is 15.9 Å². The van der Waals surface area contributed by atoms with Crippen molar-refractivity contribution >= 4 is 61.6 Å². The summed E-state index contributed by atoms with van der Waals surface area (Å²) in [5.41, 5.74) is 1.75. The number of carbonyl (C=O) groups is 2. The maximum Gasteiger partial charge on any atom is 0.335 e. The quantitative estimate of drug-likeness (QED) is 0.117. The number of aromatic carboxylic acids is 2. The van der Waals surface area contributed by atoms with Gasteiger partial charge >= 0.3 is 11.9 Å². The number of benzene rings is 1. The van der Waals surface area contributed by atoms with Crippen LogP contribution in [0, 0.1) is 6.92 Å². The first kappa shape index (κ1) is 26.3. The van der Waals surface area contributed by atoms with Crippen molar-refractivity contribution in [1.29, 1.82) is 0 Å². The number of thioether (sulfide) groups is 1. The van der Waals surface area contributed by atoms with Gasteiger partial charge in [-0.2, -0.15) is 8.42 Å². The summed E-state index contributed by atoms with van der Waals surface area (Å²) in [5, 5.41) is 46.2. The highest BCUT2D eigenvalue weighted by Crippen LogP contribution is 2.30. The lowest BCUT2D eigenvalue weighted by Gasteiger charge is -2.05. The van der Waals surface area contributed by atoms with Crippen LogP contribution in [-0.4, -0.2) is 76.6 Å². The second kappa shape index (κ2) is 10.7. The zero-order chi connectivity index (χ0) is 26.7. The number of aromatic amines is 1. The molecule has 4 N–H and O–H groups in total. The molecule has 0 spiro atoms. The minimum absolute atomic E-state index is 0.114. The van der Waals surface area contributed by atoms with Crippen LogP contribution in [0.3, 0.4) is 0 Å². The van der Waals surface area contributed by atoms with E-state index in [2.05, 4.69) is 35.7 Å². The van der Waals surface area contributed by atoms with Crippen molar-refractivity contribution < 1.29 is 32.8 Å². The molecule has 0 unspecified atom stereocenters. The number of nitrogens with zero attached hydrogens (tertiary/aromatic N) is 7. The Hall–Kier alpha value is -3.74. The van der Waals surface area contributed by atoms with E-state index in [1.807, 2.05) is 0 Å². The third kappa shape index (κ3) is 6.53. The van der Waals surface area contributed by atoms with Crippen molar-refractivity contribution in [2.24, 2.45) is 10.2 Å². The highest BCUT2D eigenvalue weighted by atomic mass is 32.2. The summed E-state index contributed by atoms with van der Waals surface area (Å²) in [5.74, 6) is -2.21. The molecule has 1 aromatic carbocycles. The van der Waals surface area contributed by atoms with Crippen molar-refractivity contribution in [2.75, 3.05) is 11.5 Å². The summed E-state index contributed by atoms with van der Waals surface area (Å²) in [4.78, 5) is 22.7. The van der Waals surface area contributed by atoms with E-state index in [0.29, 0.717) is 45.6 Å². The fourth-order valence-corrected chi connectivity index (χ4v) is 5.78. The van der Waals surface area contributed by atoms with Gasteiger partial charge in [0.2, 0.25) is 5.65 Å². The van der Waals surface area contributed by atoms with Crippen LogP contribution in [0.1, 0.15) is 37.8 Å². The average molecular weight is 567 g/mol. The van der Waals surface area contributed by atoms with Crippen LogP contribution in [0.2, 0.25) is 0 Å². The highest BCUT2D eigenvalue weighted by molar-refractivity contribution is 8.01. The van der Waals surface area contributed by atoms with Crippen LogP contribution in [-0.2, 0) is 23.0 Å². The molecule has 0 aliphatic rings. The van der Waals surface area contributed by atoms with Gasteiger partial charge in [0, 0.05) is 12.2 Å². The third-order valence-corrected chi connectivity index (χ3v) is 7.82. The molecule has 0 bridgehead atoms. The summed E-state index contributed by atoms with van der Waals surface area (Å²) < 4.78 is 32.5. The van der Waals surface area contributed by atoms with E-state index in [1.54, 1.807) is 11.4 Å². The summed E-state index contributed by atoms with van der Waals surface area (Å²) >= 11 is 2.22. The second-order valence-corrected chi connectivity index (χ2v) is 11.4. The maximum atomic E-state index is 11.3. The Bertz CT molecular complexity index is 1590. The first-order chi connectivity index (χ1) is 17.5. The molecule has 4 rings (SSSR count). The van der Waals surface area contributed by atoms with E-state index in [-0.39, 0.29) is 22.0 Å². The van der Waals surface area contributed by atoms with Gasteiger partial charge in [0.05, 0.1) is 22.6 Å². The van der Waals surface area contributed by atoms with Crippen LogP contribution < -0.4 is 0 Å². The van der Waals surface area contributed by atoms with Gasteiger partial charge in [0.1, 0.15) is 0 Å². The van der Waals surface area contributed by atoms with Gasteiger partial charge in [0.25, 0.3) is 15.2 Å². The zero-order valence-corrected chi connectivity index (χ0v) is 21.3. The first-order valence-electron chi connectivity index (χ1n) is 10.4. The molecule has 0 saturated heterocycles. The van der Waals surface area contributed by atoms with Crippen LogP contribution in [0.4, 0.5) is 10.8 Å². The molecule has 37 heavy (non-hydrogen) atoms. The number of rotatable bonds is 11. The number of hydrogen-bond donors (Lipinski definition) is 4. The van der Waals surface area contributed by atoms with Gasteiger partial charge in [-0.05, 0) is 37.1 Å². The highest BCUT2D eigenvalue weighted by Gasteiger charge is 2.17. The van der Waals surface area contributed by atoms with Gasteiger partial charge in [-0.3, -0.25) is 9.65 Å². The van der Waals surface area contributed by atoms with Crippen molar-refractivity contribution in [3.05, 3.63) is 46.4 Å². The van der Waals surface area contributed by atoms with Crippen molar-refractivity contribution in [3.63, 3.8) is 0 Å². The van der Waals surface area contributed by atoms with E-state index < -0.39 is 27.8 Å². The lowest BCUT2D eigenvalue weighted by atomic mass is 10.0. The van der Waals surface area contributed by atoms with E-state index in [9.17, 15) is 28.2 Å². The topological polar surface area (TPSA) is 225 Å². The largest absolute Gasteiger partial charge is 0.478 e. The molecule has 0 atom stereocenters. The Morgan fingerprint density at radius 2 is 1.76 bits per heavy atom. The predicted molar refractivity (Wildman–Crippen MR) is 131 cm³/mol. The van der Waals surface area contributed by atoms with Gasteiger partial charge in [-0.1, -0.05) is 23.1 Å². The number of carboxylic acid groups (broad SMARTS) is 2. The molecule has 0 amide bonds. The van der Waals surface area contributed by atoms with Crippen LogP contribution in [0.25, 0.3) is 5.65 Å². The number of fused-ring (bicyclic) bond motifs is 1. The fourth-order valence-electron chi connectivity index (χ4n) is 3.23. The molecule has 0 radical (unpaired) electrons. The second-order valence-electron chi connectivity index (χ2n) is 7.57. The van der Waals surface area contributed by atoms with Crippen molar-refractivity contribution in [3.8, 4) is 0 Å². The number of H-pyrrole nitrogens is 1. The Kier molecular flexibility index (Phi) is 7.62. The zero-order valence-electron chi connectivity index (χ0n) is 18.9. The predicted octanol–water partition coefficient (Wildman–Crippen LogP) is 2.79. The molecule has 194 valence electrons. The van der Waals surface area contributed by atoms with Gasteiger partial charge < -0.3 is 10.2 Å². The first-order valence-corrected chi connectivity index (χ1v) is 13.8. The fraction of sp³-hybridized carbons (Fsp3) is 0.263. The number of hydrogen-bond acceptors (Lipinski definition) is 12. The van der Waals surface area contributed by atoms with E-state index in [1.165, 1.54) is 12.1 Å². The molecule has 0 saturated carbocycles. The number of carboxylic acids is 2. The van der Waals surface area contributed by atoms with Crippen LogP contribution in [0.15, 0.2) is 32.8 Å². The third-order valence-electron chi connectivity index (χ3n) is 4.90. The molecule has 3 aromatic heterocycles. The van der Waals surface area contributed by atoms with E-state index in [4.69, 9.17) is 4.55 Å². The summed E-state index contributed by atoms with van der Waals surface area (Å²) in [6.07, 6.45) is 0.653. The SMILES string of the molecule is Cc1[nH]n2c(CCc3cc(C(=O)O)cc(C(=O)O)c3)nnc2c1N=Nc1nnc(SCCS(=O)(=O)O)s1. The lowest BCUT2D eigenvalue weighted by Crippen LogP contribution is -2.06. The van der Waals surface area contributed by atoms with E-state index in [0.717, 1.165) is 29.2 Å². The number of nitrogens with one attached hydrogen (secondary N) is 1. The summed E-state index contributed by atoms with van der Waals surface area (Å²) in [6, 6.07) is 3.95. The molecule has 0 aliphatic heterocycles. The lowest BCUT2D eigenvalue weighted by molar-refractivity contribution is 0.0696. The molecule has 4 aromatic rings. The van der Waals surface area contributed by atoms with E-state index >= 15 is 0 Å². The van der Waals surface area contributed by atoms with Gasteiger partial charge in [-0.25, -0.2) is 14.1 Å². The van der Waals surface area contributed by atoms with Crippen molar-refractivity contribution in [2.45, 2.75) is 24.1 Å². The number of aromatic nitrogens is 6. The van der Waals surface area contributed by atoms with Crippen LogP contribution in [0.5, 0.6) is 0 Å². The molecule has 15 nitrogen and oxygen atoms in total. The monoisotopic (exact) mass is 566 g/mol. The summed E-state index contributed by atoms with van der Waals surface area (Å²) in [7, 11) is -4.05. The normalized spacial score (nSPS) is 12.1. The molecule has 3 heterocycles. The average Bonchev–Trinajstić information content (AvgIpc) is 3.51. The minimum atomic E-state index is -4.05. The number of aryl methyl sites for hydroxylation is 3. The molecular formula is C19H18N8O7S3. The molecule has 18 heteroatoms.